The Morgan fingerprint density at radius 2 is 2.45 bits per heavy atom. The van der Waals surface area contributed by atoms with Crippen molar-refractivity contribution in [2.75, 3.05) is 13.2 Å². The van der Waals surface area contributed by atoms with Gasteiger partial charge in [0.05, 0.1) is 12.1 Å². The molecule has 1 saturated heterocycles. The number of hydrogen-bond donors (Lipinski definition) is 2. The van der Waals surface area contributed by atoms with Crippen molar-refractivity contribution in [3.8, 4) is 0 Å². The zero-order chi connectivity index (χ0) is 8.32. The Morgan fingerprint density at radius 3 is 2.82 bits per heavy atom. The molecule has 0 bridgehead atoms. The molecule has 1 heterocycles. The largest absolute Gasteiger partial charge is 0.394 e. The van der Waals surface area contributed by atoms with Crippen LogP contribution >= 0.6 is 0 Å². The van der Waals surface area contributed by atoms with Crippen LogP contribution in [0.4, 0.5) is 0 Å². The van der Waals surface area contributed by atoms with Crippen LogP contribution in [0.1, 0.15) is 12.8 Å². The standard InChI is InChI=1S/C9H15NO/c1-3-5-9(7-11)8(2)4-6-10-9/h3,10-11H,1-2,4-7H2. The summed E-state index contributed by atoms with van der Waals surface area (Å²) in [6.45, 7) is 8.63. The molecule has 1 atom stereocenters. The first kappa shape index (κ1) is 8.50. The van der Waals surface area contributed by atoms with E-state index in [2.05, 4.69) is 18.5 Å². The van der Waals surface area contributed by atoms with Crippen LogP contribution in [0.15, 0.2) is 24.8 Å². The van der Waals surface area contributed by atoms with E-state index in [1.807, 2.05) is 6.08 Å². The van der Waals surface area contributed by atoms with Gasteiger partial charge >= 0.3 is 0 Å². The van der Waals surface area contributed by atoms with Gasteiger partial charge in [-0.15, -0.1) is 6.58 Å². The zero-order valence-electron chi connectivity index (χ0n) is 6.77. The van der Waals surface area contributed by atoms with Gasteiger partial charge in [-0.1, -0.05) is 18.2 Å². The minimum absolute atomic E-state index is 0.123. The van der Waals surface area contributed by atoms with Crippen molar-refractivity contribution in [3.05, 3.63) is 24.8 Å². The third-order valence-corrected chi connectivity index (χ3v) is 2.33. The maximum Gasteiger partial charge on any atom is 0.0661 e. The Morgan fingerprint density at radius 1 is 1.73 bits per heavy atom. The number of rotatable bonds is 3. The summed E-state index contributed by atoms with van der Waals surface area (Å²) in [7, 11) is 0. The lowest BCUT2D eigenvalue weighted by Gasteiger charge is -2.26. The van der Waals surface area contributed by atoms with Gasteiger partial charge in [0, 0.05) is 0 Å². The van der Waals surface area contributed by atoms with Crippen LogP contribution in [0.5, 0.6) is 0 Å². The van der Waals surface area contributed by atoms with Gasteiger partial charge in [0.15, 0.2) is 0 Å². The van der Waals surface area contributed by atoms with Gasteiger partial charge in [0.2, 0.25) is 0 Å². The predicted molar refractivity (Wildman–Crippen MR) is 46.4 cm³/mol. The molecule has 0 spiro atoms. The monoisotopic (exact) mass is 153 g/mol. The van der Waals surface area contributed by atoms with Crippen molar-refractivity contribution in [3.63, 3.8) is 0 Å². The molecular weight excluding hydrogens is 138 g/mol. The van der Waals surface area contributed by atoms with Gasteiger partial charge in [0.1, 0.15) is 0 Å². The van der Waals surface area contributed by atoms with Crippen LogP contribution in [-0.4, -0.2) is 23.8 Å². The van der Waals surface area contributed by atoms with Gasteiger partial charge < -0.3 is 10.4 Å². The zero-order valence-corrected chi connectivity index (χ0v) is 6.77. The Labute approximate surface area is 67.6 Å². The first-order chi connectivity index (χ1) is 5.25. The smallest absolute Gasteiger partial charge is 0.0661 e. The van der Waals surface area contributed by atoms with Crippen LogP contribution in [0.2, 0.25) is 0 Å². The summed E-state index contributed by atoms with van der Waals surface area (Å²) >= 11 is 0. The first-order valence-corrected chi connectivity index (χ1v) is 3.90. The van der Waals surface area contributed by atoms with E-state index in [1.54, 1.807) is 0 Å². The SMILES string of the molecule is C=CCC1(CO)NCCC1=C. The van der Waals surface area contributed by atoms with Crippen LogP contribution in [0.25, 0.3) is 0 Å². The third-order valence-electron chi connectivity index (χ3n) is 2.33. The highest BCUT2D eigenvalue weighted by molar-refractivity contribution is 5.23. The molecule has 0 aromatic rings. The summed E-state index contributed by atoms with van der Waals surface area (Å²) in [4.78, 5) is 0. The minimum Gasteiger partial charge on any atom is -0.394 e. The molecule has 1 rings (SSSR count). The quantitative estimate of drug-likeness (QED) is 0.589. The van der Waals surface area contributed by atoms with Gasteiger partial charge in [-0.3, -0.25) is 0 Å². The molecule has 0 amide bonds. The number of aliphatic hydroxyl groups is 1. The summed E-state index contributed by atoms with van der Waals surface area (Å²) in [6.07, 6.45) is 3.55. The molecule has 2 N–H and O–H groups in total. The highest BCUT2D eigenvalue weighted by atomic mass is 16.3. The molecule has 0 aromatic heterocycles. The first-order valence-electron chi connectivity index (χ1n) is 3.90. The molecule has 1 fully saturated rings. The Bertz CT molecular complexity index is 176. The van der Waals surface area contributed by atoms with Crippen LogP contribution < -0.4 is 5.32 Å². The van der Waals surface area contributed by atoms with Crippen molar-refractivity contribution in [2.24, 2.45) is 0 Å². The normalized spacial score (nSPS) is 30.8. The maximum atomic E-state index is 9.15. The molecule has 0 radical (unpaired) electrons. The van der Waals surface area contributed by atoms with E-state index in [0.29, 0.717) is 0 Å². The fraction of sp³-hybridized carbons (Fsp3) is 0.556. The van der Waals surface area contributed by atoms with Crippen molar-refractivity contribution < 1.29 is 5.11 Å². The molecule has 0 aromatic carbocycles. The topological polar surface area (TPSA) is 32.3 Å². The number of nitrogens with one attached hydrogen (secondary N) is 1. The molecule has 1 aliphatic heterocycles. The average Bonchev–Trinajstić information content (AvgIpc) is 2.35. The lowest BCUT2D eigenvalue weighted by atomic mass is 9.90. The fourth-order valence-electron chi connectivity index (χ4n) is 1.51. The molecule has 62 valence electrons. The second kappa shape index (κ2) is 3.20. The Kier molecular flexibility index (Phi) is 2.47. The lowest BCUT2D eigenvalue weighted by molar-refractivity contribution is 0.205. The van der Waals surface area contributed by atoms with E-state index < -0.39 is 0 Å². The summed E-state index contributed by atoms with van der Waals surface area (Å²) in [5, 5.41) is 12.4. The third kappa shape index (κ3) is 1.37. The minimum atomic E-state index is -0.262. The second-order valence-electron chi connectivity index (χ2n) is 3.01. The number of aliphatic hydroxyl groups excluding tert-OH is 1. The van der Waals surface area contributed by atoms with Gasteiger partial charge in [-0.2, -0.15) is 0 Å². The Balaban J connectivity index is 2.72. The van der Waals surface area contributed by atoms with Gasteiger partial charge in [0.25, 0.3) is 0 Å². The summed E-state index contributed by atoms with van der Waals surface area (Å²) < 4.78 is 0. The van der Waals surface area contributed by atoms with E-state index in [4.69, 9.17) is 5.11 Å². The molecule has 1 aliphatic rings. The molecule has 0 aliphatic carbocycles. The highest BCUT2D eigenvalue weighted by Crippen LogP contribution is 2.27. The van der Waals surface area contributed by atoms with Crippen molar-refractivity contribution in [2.45, 2.75) is 18.4 Å². The van der Waals surface area contributed by atoms with Gasteiger partial charge in [-0.05, 0) is 19.4 Å². The van der Waals surface area contributed by atoms with Crippen molar-refractivity contribution >= 4 is 0 Å². The van der Waals surface area contributed by atoms with E-state index in [0.717, 1.165) is 25.0 Å². The van der Waals surface area contributed by atoms with E-state index in [9.17, 15) is 0 Å². The van der Waals surface area contributed by atoms with Crippen molar-refractivity contribution in [1.29, 1.82) is 0 Å². The van der Waals surface area contributed by atoms with Crippen LogP contribution in [-0.2, 0) is 0 Å². The second-order valence-corrected chi connectivity index (χ2v) is 3.01. The highest BCUT2D eigenvalue weighted by Gasteiger charge is 2.34. The van der Waals surface area contributed by atoms with E-state index >= 15 is 0 Å². The lowest BCUT2D eigenvalue weighted by Crippen LogP contribution is -2.43. The molecule has 2 nitrogen and oxygen atoms in total. The molecule has 2 heteroatoms. The van der Waals surface area contributed by atoms with Crippen LogP contribution in [0.3, 0.4) is 0 Å². The predicted octanol–water partition coefficient (Wildman–Crippen LogP) is 0.843. The molecule has 0 saturated carbocycles. The Hall–Kier alpha value is -0.600. The summed E-state index contributed by atoms with van der Waals surface area (Å²) in [6, 6.07) is 0. The molecule has 1 unspecified atom stereocenters. The average molecular weight is 153 g/mol. The molecule has 11 heavy (non-hydrogen) atoms. The van der Waals surface area contributed by atoms with Gasteiger partial charge in [-0.25, -0.2) is 0 Å². The van der Waals surface area contributed by atoms with E-state index in [1.165, 1.54) is 0 Å². The summed E-state index contributed by atoms with van der Waals surface area (Å²) in [5.41, 5.74) is 0.835. The summed E-state index contributed by atoms with van der Waals surface area (Å²) in [5.74, 6) is 0. The number of hydrogen-bond acceptors (Lipinski definition) is 2. The van der Waals surface area contributed by atoms with E-state index in [-0.39, 0.29) is 12.1 Å². The van der Waals surface area contributed by atoms with Crippen molar-refractivity contribution in [1.82, 2.24) is 5.32 Å². The molecular formula is C9H15NO. The van der Waals surface area contributed by atoms with Crippen LogP contribution in [0, 0.1) is 0 Å². The fourth-order valence-corrected chi connectivity index (χ4v) is 1.51. The maximum absolute atomic E-state index is 9.15.